The van der Waals surface area contributed by atoms with Gasteiger partial charge in [-0.3, -0.25) is 0 Å². The summed E-state index contributed by atoms with van der Waals surface area (Å²) >= 11 is 0. The molecule has 140 valence electrons. The molecule has 2 rings (SSSR count). The number of hydrogen-bond acceptors (Lipinski definition) is 4. The maximum absolute atomic E-state index is 9.55. The fourth-order valence-electron chi connectivity index (χ4n) is 2.41. The van der Waals surface area contributed by atoms with Gasteiger partial charge < -0.3 is 32.0 Å². The first-order valence-corrected chi connectivity index (χ1v) is 8.86. The van der Waals surface area contributed by atoms with Crippen LogP contribution in [0.25, 0.3) is 11.3 Å². The molecule has 1 aromatic carbocycles. The molecule has 0 bridgehead atoms. The van der Waals surface area contributed by atoms with E-state index in [4.69, 9.17) is 9.15 Å². The lowest BCUT2D eigenvalue weighted by Crippen LogP contribution is -3.00. The van der Waals surface area contributed by atoms with E-state index in [0.717, 1.165) is 61.8 Å². The molecule has 1 unspecified atom stereocenters. The Hall–Kier alpha value is -1.33. The average molecular weight is 367 g/mol. The topological polar surface area (TPSA) is 54.6 Å². The van der Waals surface area contributed by atoms with E-state index >= 15 is 0 Å². The highest BCUT2D eigenvalue weighted by Gasteiger charge is 2.06. The first-order valence-electron chi connectivity index (χ1n) is 8.86. The summed E-state index contributed by atoms with van der Waals surface area (Å²) in [4.78, 5) is 0. The van der Waals surface area contributed by atoms with Crippen molar-refractivity contribution in [2.24, 2.45) is 0 Å². The predicted molar refractivity (Wildman–Crippen MR) is 96.8 cm³/mol. The van der Waals surface area contributed by atoms with E-state index in [-0.39, 0.29) is 12.4 Å². The summed E-state index contributed by atoms with van der Waals surface area (Å²) in [5, 5.41) is 12.9. The van der Waals surface area contributed by atoms with Gasteiger partial charge in [0.1, 0.15) is 11.5 Å². The molecule has 2 aromatic rings. The highest BCUT2D eigenvalue weighted by Crippen LogP contribution is 2.24. The van der Waals surface area contributed by atoms with Crippen molar-refractivity contribution < 1.29 is 26.7 Å². The molecule has 1 atom stereocenters. The lowest BCUT2D eigenvalue weighted by molar-refractivity contribution is -0.00000830. The van der Waals surface area contributed by atoms with Gasteiger partial charge in [0.25, 0.3) is 0 Å². The van der Waals surface area contributed by atoms with Gasteiger partial charge in [0.2, 0.25) is 0 Å². The zero-order valence-electron chi connectivity index (χ0n) is 15.1. The molecule has 0 spiro atoms. The maximum atomic E-state index is 9.55. The number of nitrogens with one attached hydrogen (secondary N) is 1. The summed E-state index contributed by atoms with van der Waals surface area (Å²) in [6.07, 6.45) is 2.89. The second kappa shape index (κ2) is 12.1. The molecule has 4 nitrogen and oxygen atoms in total. The third kappa shape index (κ3) is 7.61. The third-order valence-electron chi connectivity index (χ3n) is 3.92. The van der Waals surface area contributed by atoms with Crippen LogP contribution in [0.15, 0.2) is 40.8 Å². The molecule has 0 aliphatic carbocycles. The van der Waals surface area contributed by atoms with E-state index in [2.05, 4.69) is 12.2 Å². The summed E-state index contributed by atoms with van der Waals surface area (Å²) in [7, 11) is 0. The van der Waals surface area contributed by atoms with Gasteiger partial charge in [-0.1, -0.05) is 37.6 Å². The molecule has 1 aromatic heterocycles. The lowest BCUT2D eigenvalue weighted by atomic mass is 10.1. The summed E-state index contributed by atoms with van der Waals surface area (Å²) in [6.45, 7) is 7.26. The minimum Gasteiger partial charge on any atom is -1.00 e. The molecular weight excluding hydrogens is 338 g/mol. The highest BCUT2D eigenvalue weighted by atomic mass is 35.5. The second-order valence-corrected chi connectivity index (χ2v) is 6.06. The minimum absolute atomic E-state index is 0. The fraction of sp³-hybridized carbons (Fsp3) is 0.500. The van der Waals surface area contributed by atoms with Crippen LogP contribution in [-0.2, 0) is 11.3 Å². The summed E-state index contributed by atoms with van der Waals surface area (Å²) in [5.74, 6) is 1.78. The molecule has 0 aliphatic rings. The summed E-state index contributed by atoms with van der Waals surface area (Å²) < 4.78 is 11.4. The number of ether oxygens (including phenoxy) is 1. The SMILES string of the molecule is CCCCOCCCNCc1ccc(-c2ccc(C(C)O)cc2)o1.[Cl-]. The van der Waals surface area contributed by atoms with Crippen LogP contribution >= 0.6 is 0 Å². The monoisotopic (exact) mass is 366 g/mol. The van der Waals surface area contributed by atoms with Crippen LogP contribution in [0.5, 0.6) is 0 Å². The van der Waals surface area contributed by atoms with Crippen LogP contribution in [0.1, 0.15) is 50.5 Å². The van der Waals surface area contributed by atoms with Gasteiger partial charge in [-0.25, -0.2) is 0 Å². The molecule has 0 radical (unpaired) electrons. The Kier molecular flexibility index (Phi) is 10.5. The Labute approximate surface area is 157 Å². The Bertz CT molecular complexity index is 581. The van der Waals surface area contributed by atoms with Crippen molar-refractivity contribution in [2.45, 2.75) is 45.8 Å². The van der Waals surface area contributed by atoms with Crippen LogP contribution < -0.4 is 17.7 Å². The van der Waals surface area contributed by atoms with Gasteiger partial charge in [0.05, 0.1) is 12.6 Å². The molecule has 0 fully saturated rings. The molecule has 0 saturated heterocycles. The van der Waals surface area contributed by atoms with E-state index in [1.54, 1.807) is 6.92 Å². The molecule has 0 amide bonds. The van der Waals surface area contributed by atoms with Gasteiger partial charge in [-0.15, -0.1) is 0 Å². The Morgan fingerprint density at radius 1 is 1.08 bits per heavy atom. The number of aliphatic hydroxyl groups excluding tert-OH is 1. The maximum Gasteiger partial charge on any atom is 0.134 e. The summed E-state index contributed by atoms with van der Waals surface area (Å²) in [5.41, 5.74) is 1.93. The first-order chi connectivity index (χ1) is 11.7. The lowest BCUT2D eigenvalue weighted by Gasteiger charge is -2.05. The van der Waals surface area contributed by atoms with Crippen molar-refractivity contribution in [1.29, 1.82) is 0 Å². The van der Waals surface area contributed by atoms with Crippen LogP contribution in [-0.4, -0.2) is 24.9 Å². The summed E-state index contributed by atoms with van der Waals surface area (Å²) in [6, 6.07) is 11.8. The fourth-order valence-corrected chi connectivity index (χ4v) is 2.41. The molecule has 25 heavy (non-hydrogen) atoms. The normalized spacial score (nSPS) is 12.0. The number of aliphatic hydroxyl groups is 1. The molecular formula is C20H29ClNO3-. The van der Waals surface area contributed by atoms with Crippen molar-refractivity contribution in [3.63, 3.8) is 0 Å². The van der Waals surface area contributed by atoms with E-state index in [1.165, 1.54) is 6.42 Å². The minimum atomic E-state index is -0.443. The van der Waals surface area contributed by atoms with Crippen LogP contribution in [0.4, 0.5) is 0 Å². The van der Waals surface area contributed by atoms with Gasteiger partial charge >= 0.3 is 0 Å². The molecule has 1 heterocycles. The number of halogens is 1. The smallest absolute Gasteiger partial charge is 0.134 e. The van der Waals surface area contributed by atoms with Crippen molar-refractivity contribution in [2.75, 3.05) is 19.8 Å². The number of benzene rings is 1. The highest BCUT2D eigenvalue weighted by molar-refractivity contribution is 5.58. The third-order valence-corrected chi connectivity index (χ3v) is 3.92. The standard InChI is InChI=1S/C20H29NO3.ClH/c1-3-4-13-23-14-5-12-21-15-19-10-11-20(24-19)18-8-6-17(7-9-18)16(2)22;/h6-11,16,21-22H,3-5,12-15H2,1-2H3;1H/p-1. The zero-order chi connectivity index (χ0) is 17.2. The quantitative estimate of drug-likeness (QED) is 0.589. The van der Waals surface area contributed by atoms with E-state index in [0.29, 0.717) is 0 Å². The molecule has 5 heteroatoms. The van der Waals surface area contributed by atoms with E-state index in [9.17, 15) is 5.11 Å². The molecule has 2 N–H and O–H groups in total. The zero-order valence-corrected chi connectivity index (χ0v) is 15.9. The van der Waals surface area contributed by atoms with E-state index in [1.807, 2.05) is 36.4 Å². The molecule has 0 saturated carbocycles. The van der Waals surface area contributed by atoms with Crippen LogP contribution in [0.3, 0.4) is 0 Å². The van der Waals surface area contributed by atoms with Gasteiger partial charge in [-0.05, 0) is 44.0 Å². The predicted octanol–water partition coefficient (Wildman–Crippen LogP) is 1.30. The number of unbranched alkanes of at least 4 members (excludes halogenated alkanes) is 1. The van der Waals surface area contributed by atoms with Crippen LogP contribution in [0, 0.1) is 0 Å². The van der Waals surface area contributed by atoms with Gasteiger partial charge in [-0.2, -0.15) is 0 Å². The van der Waals surface area contributed by atoms with Crippen molar-refractivity contribution in [3.8, 4) is 11.3 Å². The first kappa shape index (κ1) is 21.7. The number of hydrogen-bond donors (Lipinski definition) is 2. The van der Waals surface area contributed by atoms with Gasteiger partial charge in [0, 0.05) is 18.8 Å². The van der Waals surface area contributed by atoms with Crippen molar-refractivity contribution in [3.05, 3.63) is 47.7 Å². The van der Waals surface area contributed by atoms with Crippen molar-refractivity contribution in [1.82, 2.24) is 5.32 Å². The van der Waals surface area contributed by atoms with Crippen LogP contribution in [0.2, 0.25) is 0 Å². The van der Waals surface area contributed by atoms with E-state index < -0.39 is 6.10 Å². The Morgan fingerprint density at radius 3 is 2.48 bits per heavy atom. The van der Waals surface area contributed by atoms with Crippen molar-refractivity contribution >= 4 is 0 Å². The second-order valence-electron chi connectivity index (χ2n) is 6.06. The number of rotatable bonds is 11. The average Bonchev–Trinajstić information content (AvgIpc) is 3.06. The Morgan fingerprint density at radius 2 is 1.80 bits per heavy atom. The number of furan rings is 1. The van der Waals surface area contributed by atoms with Gasteiger partial charge in [0.15, 0.2) is 0 Å². The largest absolute Gasteiger partial charge is 1.00 e. The Balaban J connectivity index is 0.00000312. The molecule has 0 aliphatic heterocycles.